The second kappa shape index (κ2) is 6.41. The molecule has 0 aliphatic rings. The lowest BCUT2D eigenvalue weighted by Crippen LogP contribution is -2.11. The number of rotatable bonds is 5. The number of halogens is 1. The zero-order chi connectivity index (χ0) is 15.4. The topological polar surface area (TPSA) is 80.4 Å². The number of carbonyl (C=O) groups is 2. The van der Waals surface area contributed by atoms with Crippen LogP contribution in [0.15, 0.2) is 47.4 Å². The molecule has 0 unspecified atom stereocenters. The highest BCUT2D eigenvalue weighted by atomic mass is 32.2. The van der Waals surface area contributed by atoms with Crippen molar-refractivity contribution in [3.05, 3.63) is 65.0 Å². The summed E-state index contributed by atoms with van der Waals surface area (Å²) in [6.45, 7) is 0. The Morgan fingerprint density at radius 3 is 2.57 bits per heavy atom. The molecule has 0 heterocycles. The maximum atomic E-state index is 13.7. The maximum absolute atomic E-state index is 13.7. The van der Waals surface area contributed by atoms with Gasteiger partial charge in [-0.3, -0.25) is 4.79 Å². The predicted octanol–water partition coefficient (Wildman–Crippen LogP) is 2.92. The molecule has 0 aliphatic carbocycles. The molecule has 0 aliphatic heterocycles. The Balaban J connectivity index is 2.22. The number of hydrogen-bond acceptors (Lipinski definition) is 3. The molecular weight excluding hydrogens is 293 g/mol. The van der Waals surface area contributed by atoms with E-state index in [1.807, 2.05) is 0 Å². The van der Waals surface area contributed by atoms with Crippen LogP contribution in [0.4, 0.5) is 4.39 Å². The van der Waals surface area contributed by atoms with Gasteiger partial charge in [0.25, 0.3) is 0 Å². The lowest BCUT2D eigenvalue weighted by molar-refractivity contribution is 0.0693. The first-order chi connectivity index (χ1) is 9.99. The number of primary amides is 1. The van der Waals surface area contributed by atoms with Crippen LogP contribution in [0.1, 0.15) is 26.3 Å². The van der Waals surface area contributed by atoms with Gasteiger partial charge in [-0.15, -0.1) is 11.8 Å². The van der Waals surface area contributed by atoms with Gasteiger partial charge in [-0.05, 0) is 35.9 Å². The molecule has 0 bridgehead atoms. The van der Waals surface area contributed by atoms with Gasteiger partial charge in [-0.25, -0.2) is 9.18 Å². The van der Waals surface area contributed by atoms with E-state index in [9.17, 15) is 14.0 Å². The van der Waals surface area contributed by atoms with Gasteiger partial charge in [0.1, 0.15) is 5.82 Å². The van der Waals surface area contributed by atoms with Crippen LogP contribution >= 0.6 is 11.8 Å². The van der Waals surface area contributed by atoms with E-state index in [1.165, 1.54) is 36.0 Å². The quantitative estimate of drug-likeness (QED) is 0.832. The second-order valence-corrected chi connectivity index (χ2v) is 5.28. The van der Waals surface area contributed by atoms with Gasteiger partial charge < -0.3 is 10.8 Å². The van der Waals surface area contributed by atoms with E-state index in [2.05, 4.69) is 0 Å². The lowest BCUT2D eigenvalue weighted by atomic mass is 10.1. The van der Waals surface area contributed by atoms with Crippen molar-refractivity contribution in [2.45, 2.75) is 10.6 Å². The Morgan fingerprint density at radius 1 is 1.19 bits per heavy atom. The molecule has 21 heavy (non-hydrogen) atoms. The monoisotopic (exact) mass is 305 g/mol. The van der Waals surface area contributed by atoms with Crippen LogP contribution < -0.4 is 5.73 Å². The van der Waals surface area contributed by atoms with E-state index in [0.717, 1.165) is 0 Å². The highest BCUT2D eigenvalue weighted by Crippen LogP contribution is 2.27. The number of thioether (sulfide) groups is 1. The van der Waals surface area contributed by atoms with E-state index in [4.69, 9.17) is 10.8 Å². The molecule has 3 N–H and O–H groups in total. The number of carboxylic acids is 1. The van der Waals surface area contributed by atoms with Crippen LogP contribution in [0.5, 0.6) is 0 Å². The van der Waals surface area contributed by atoms with Gasteiger partial charge in [0.15, 0.2) is 0 Å². The van der Waals surface area contributed by atoms with Gasteiger partial charge in [0, 0.05) is 16.2 Å². The zero-order valence-electron chi connectivity index (χ0n) is 10.9. The van der Waals surface area contributed by atoms with Crippen molar-refractivity contribution in [2.75, 3.05) is 0 Å². The number of aromatic carboxylic acids is 1. The standard InChI is InChI=1S/C15H12FNO3S/c16-12-6-5-9(14(17)18)7-10(12)8-21-13-4-2-1-3-11(13)15(19)20/h1-7H,8H2,(H2,17,18)(H,19,20). The van der Waals surface area contributed by atoms with Crippen LogP contribution in [0.2, 0.25) is 0 Å². The van der Waals surface area contributed by atoms with E-state index >= 15 is 0 Å². The highest BCUT2D eigenvalue weighted by Gasteiger charge is 2.12. The third kappa shape index (κ3) is 3.61. The minimum Gasteiger partial charge on any atom is -0.478 e. The first-order valence-corrected chi connectivity index (χ1v) is 7.01. The van der Waals surface area contributed by atoms with E-state index in [0.29, 0.717) is 10.5 Å². The summed E-state index contributed by atoms with van der Waals surface area (Å²) in [6.07, 6.45) is 0. The fourth-order valence-corrected chi connectivity index (χ4v) is 2.78. The Morgan fingerprint density at radius 2 is 1.90 bits per heavy atom. The number of carboxylic acid groups (broad SMARTS) is 1. The number of hydrogen-bond donors (Lipinski definition) is 2. The largest absolute Gasteiger partial charge is 0.478 e. The summed E-state index contributed by atoms with van der Waals surface area (Å²) >= 11 is 1.19. The molecule has 0 saturated carbocycles. The van der Waals surface area contributed by atoms with Crippen LogP contribution in [-0.2, 0) is 5.75 Å². The minimum atomic E-state index is -1.04. The number of nitrogens with two attached hydrogens (primary N) is 1. The number of amides is 1. The highest BCUT2D eigenvalue weighted by molar-refractivity contribution is 7.98. The Bertz CT molecular complexity index is 703. The van der Waals surface area contributed by atoms with Crippen molar-refractivity contribution in [3.8, 4) is 0 Å². The molecule has 4 nitrogen and oxygen atoms in total. The Kier molecular flexibility index (Phi) is 4.59. The summed E-state index contributed by atoms with van der Waals surface area (Å²) in [6, 6.07) is 10.4. The van der Waals surface area contributed by atoms with Gasteiger partial charge >= 0.3 is 5.97 Å². The molecule has 2 aromatic rings. The van der Waals surface area contributed by atoms with Crippen LogP contribution in [0, 0.1) is 5.82 Å². The summed E-state index contributed by atoms with van der Waals surface area (Å²) < 4.78 is 13.7. The Hall–Kier alpha value is -2.34. The lowest BCUT2D eigenvalue weighted by Gasteiger charge is -2.07. The molecule has 0 aromatic heterocycles. The van der Waals surface area contributed by atoms with Crippen LogP contribution in [0.25, 0.3) is 0 Å². The molecule has 1 amide bonds. The van der Waals surface area contributed by atoms with Gasteiger partial charge in [-0.1, -0.05) is 12.1 Å². The fraction of sp³-hybridized carbons (Fsp3) is 0.0667. The first-order valence-electron chi connectivity index (χ1n) is 6.02. The third-order valence-corrected chi connectivity index (χ3v) is 3.95. The van der Waals surface area contributed by atoms with Crippen molar-refractivity contribution in [1.82, 2.24) is 0 Å². The van der Waals surface area contributed by atoms with Crippen molar-refractivity contribution < 1.29 is 19.1 Å². The molecule has 2 aromatic carbocycles. The van der Waals surface area contributed by atoms with Crippen molar-refractivity contribution in [3.63, 3.8) is 0 Å². The maximum Gasteiger partial charge on any atom is 0.336 e. The molecule has 0 atom stereocenters. The summed E-state index contributed by atoms with van der Waals surface area (Å²) in [5.74, 6) is -1.92. The first kappa shape index (κ1) is 15.1. The molecule has 108 valence electrons. The van der Waals surface area contributed by atoms with Crippen LogP contribution in [0.3, 0.4) is 0 Å². The fourth-order valence-electron chi connectivity index (χ4n) is 1.76. The van der Waals surface area contributed by atoms with Crippen molar-refractivity contribution >= 4 is 23.6 Å². The summed E-state index contributed by atoms with van der Waals surface area (Å²) in [4.78, 5) is 22.7. The average molecular weight is 305 g/mol. The molecule has 6 heteroatoms. The molecule has 0 radical (unpaired) electrons. The smallest absolute Gasteiger partial charge is 0.336 e. The number of carbonyl (C=O) groups excluding carboxylic acids is 1. The summed E-state index contributed by atoms with van der Waals surface area (Å²) in [5, 5.41) is 9.09. The third-order valence-electron chi connectivity index (χ3n) is 2.83. The molecular formula is C15H12FNO3S. The second-order valence-electron chi connectivity index (χ2n) is 4.26. The summed E-state index contributed by atoms with van der Waals surface area (Å²) in [7, 11) is 0. The van der Waals surface area contributed by atoms with Gasteiger partial charge in [0.2, 0.25) is 5.91 Å². The van der Waals surface area contributed by atoms with E-state index < -0.39 is 17.7 Å². The number of benzene rings is 2. The minimum absolute atomic E-state index is 0.161. The molecule has 2 rings (SSSR count). The van der Waals surface area contributed by atoms with E-state index in [-0.39, 0.29) is 16.9 Å². The normalized spacial score (nSPS) is 10.3. The molecule has 0 spiro atoms. The van der Waals surface area contributed by atoms with Crippen molar-refractivity contribution in [2.24, 2.45) is 5.73 Å². The molecule has 0 saturated heterocycles. The van der Waals surface area contributed by atoms with Gasteiger partial charge in [-0.2, -0.15) is 0 Å². The Labute approximate surface area is 124 Å². The van der Waals surface area contributed by atoms with Gasteiger partial charge in [0.05, 0.1) is 5.56 Å². The SMILES string of the molecule is NC(=O)c1ccc(F)c(CSc2ccccc2C(=O)O)c1. The summed E-state index contributed by atoms with van der Waals surface area (Å²) in [5.41, 5.74) is 5.84. The predicted molar refractivity (Wildman–Crippen MR) is 77.9 cm³/mol. The zero-order valence-corrected chi connectivity index (χ0v) is 11.7. The van der Waals surface area contributed by atoms with Crippen molar-refractivity contribution in [1.29, 1.82) is 0 Å². The van der Waals surface area contributed by atoms with E-state index in [1.54, 1.807) is 18.2 Å². The molecule has 0 fully saturated rings. The average Bonchev–Trinajstić information content (AvgIpc) is 2.46. The van der Waals surface area contributed by atoms with Crippen LogP contribution in [-0.4, -0.2) is 17.0 Å².